The molecule has 21 heavy (non-hydrogen) atoms. The van der Waals surface area contributed by atoms with Crippen LogP contribution in [0.1, 0.15) is 23.0 Å². The third-order valence-electron chi connectivity index (χ3n) is 3.04. The van der Waals surface area contributed by atoms with Gasteiger partial charge >= 0.3 is 0 Å². The van der Waals surface area contributed by atoms with Gasteiger partial charge in [-0.05, 0) is 36.3 Å². The Morgan fingerprint density at radius 2 is 2.00 bits per heavy atom. The normalized spacial score (nSPS) is 10.2. The molecule has 0 saturated carbocycles. The maximum Gasteiger partial charge on any atom is 0.269 e. The SMILES string of the molecule is CCc1ccc(NC(=S)Nc2cnn(C)c2C(N)=O)cc1. The number of benzene rings is 1. The van der Waals surface area contributed by atoms with E-state index >= 15 is 0 Å². The van der Waals surface area contributed by atoms with Crippen molar-refractivity contribution in [2.75, 3.05) is 10.6 Å². The van der Waals surface area contributed by atoms with Crippen LogP contribution in [0.3, 0.4) is 0 Å². The Labute approximate surface area is 128 Å². The zero-order chi connectivity index (χ0) is 15.4. The van der Waals surface area contributed by atoms with Gasteiger partial charge in [0.1, 0.15) is 5.69 Å². The van der Waals surface area contributed by atoms with Gasteiger partial charge in [0.05, 0.1) is 11.9 Å². The fourth-order valence-corrected chi connectivity index (χ4v) is 2.16. The minimum absolute atomic E-state index is 0.278. The number of thiocarbonyl (C=S) groups is 1. The lowest BCUT2D eigenvalue weighted by Gasteiger charge is -2.10. The molecule has 1 heterocycles. The van der Waals surface area contributed by atoms with Crippen molar-refractivity contribution >= 4 is 34.6 Å². The van der Waals surface area contributed by atoms with Crippen molar-refractivity contribution < 1.29 is 4.79 Å². The van der Waals surface area contributed by atoms with Gasteiger partial charge in [-0.2, -0.15) is 5.10 Å². The van der Waals surface area contributed by atoms with E-state index in [2.05, 4.69) is 22.7 Å². The topological polar surface area (TPSA) is 85.0 Å². The summed E-state index contributed by atoms with van der Waals surface area (Å²) in [6.45, 7) is 2.10. The molecule has 0 atom stereocenters. The number of rotatable bonds is 4. The number of carbonyl (C=O) groups excluding carboxylic acids is 1. The lowest BCUT2D eigenvalue weighted by molar-refractivity contribution is 0.0992. The van der Waals surface area contributed by atoms with E-state index in [0.29, 0.717) is 10.8 Å². The van der Waals surface area contributed by atoms with Crippen LogP contribution in [0.2, 0.25) is 0 Å². The molecule has 0 spiro atoms. The number of primary amides is 1. The zero-order valence-corrected chi connectivity index (χ0v) is 12.7. The summed E-state index contributed by atoms with van der Waals surface area (Å²) in [7, 11) is 1.64. The van der Waals surface area contributed by atoms with Crippen molar-refractivity contribution in [1.82, 2.24) is 9.78 Å². The summed E-state index contributed by atoms with van der Waals surface area (Å²) in [5.41, 5.74) is 8.20. The van der Waals surface area contributed by atoms with Gasteiger partial charge in [-0.25, -0.2) is 0 Å². The van der Waals surface area contributed by atoms with Gasteiger partial charge in [0, 0.05) is 12.7 Å². The average Bonchev–Trinajstić information content (AvgIpc) is 2.80. The number of aryl methyl sites for hydroxylation is 2. The van der Waals surface area contributed by atoms with E-state index in [9.17, 15) is 4.79 Å². The first-order valence-electron chi connectivity index (χ1n) is 6.50. The van der Waals surface area contributed by atoms with E-state index in [1.165, 1.54) is 16.4 Å². The molecule has 0 saturated heterocycles. The van der Waals surface area contributed by atoms with Gasteiger partial charge in [-0.1, -0.05) is 19.1 Å². The highest BCUT2D eigenvalue weighted by atomic mass is 32.1. The Hall–Kier alpha value is -2.41. The highest BCUT2D eigenvalue weighted by Crippen LogP contribution is 2.15. The second-order valence-corrected chi connectivity index (χ2v) is 4.93. The summed E-state index contributed by atoms with van der Waals surface area (Å²) in [6.07, 6.45) is 2.49. The second kappa shape index (κ2) is 6.36. The van der Waals surface area contributed by atoms with Crippen LogP contribution in [0.4, 0.5) is 11.4 Å². The van der Waals surface area contributed by atoms with Crippen LogP contribution in [0.25, 0.3) is 0 Å². The molecule has 0 bridgehead atoms. The van der Waals surface area contributed by atoms with E-state index < -0.39 is 5.91 Å². The number of hydrogen-bond donors (Lipinski definition) is 3. The predicted octanol–water partition coefficient (Wildman–Crippen LogP) is 1.89. The molecule has 0 unspecified atom stereocenters. The van der Waals surface area contributed by atoms with Crippen LogP contribution >= 0.6 is 12.2 Å². The third-order valence-corrected chi connectivity index (χ3v) is 3.24. The van der Waals surface area contributed by atoms with Crippen LogP contribution in [-0.4, -0.2) is 20.8 Å². The van der Waals surface area contributed by atoms with Gasteiger partial charge in [0.25, 0.3) is 5.91 Å². The molecular weight excluding hydrogens is 286 g/mol. The smallest absolute Gasteiger partial charge is 0.269 e. The number of hydrogen-bond acceptors (Lipinski definition) is 3. The van der Waals surface area contributed by atoms with Crippen molar-refractivity contribution in [3.63, 3.8) is 0 Å². The van der Waals surface area contributed by atoms with Crippen LogP contribution in [0.5, 0.6) is 0 Å². The number of nitrogens with one attached hydrogen (secondary N) is 2. The highest BCUT2D eigenvalue weighted by Gasteiger charge is 2.14. The first-order valence-corrected chi connectivity index (χ1v) is 6.90. The number of amides is 1. The zero-order valence-electron chi connectivity index (χ0n) is 11.9. The first kappa shape index (κ1) is 15.0. The van der Waals surface area contributed by atoms with Crippen molar-refractivity contribution in [2.45, 2.75) is 13.3 Å². The molecule has 1 aromatic heterocycles. The van der Waals surface area contributed by atoms with E-state index in [4.69, 9.17) is 18.0 Å². The molecule has 0 aliphatic heterocycles. The summed E-state index contributed by atoms with van der Waals surface area (Å²) in [4.78, 5) is 11.4. The fourth-order valence-electron chi connectivity index (χ4n) is 1.93. The second-order valence-electron chi connectivity index (χ2n) is 4.52. The summed E-state index contributed by atoms with van der Waals surface area (Å²) < 4.78 is 1.41. The molecule has 0 fully saturated rings. The van der Waals surface area contributed by atoms with E-state index in [0.717, 1.165) is 12.1 Å². The van der Waals surface area contributed by atoms with Crippen LogP contribution in [0, 0.1) is 0 Å². The monoisotopic (exact) mass is 303 g/mol. The maximum absolute atomic E-state index is 11.4. The van der Waals surface area contributed by atoms with Gasteiger partial charge in [0.15, 0.2) is 5.11 Å². The summed E-state index contributed by atoms with van der Waals surface area (Å²) in [6, 6.07) is 7.96. The largest absolute Gasteiger partial charge is 0.364 e. The molecular formula is C14H17N5OS. The number of nitrogens with two attached hydrogens (primary N) is 1. The number of nitrogens with zero attached hydrogens (tertiary/aromatic N) is 2. The van der Waals surface area contributed by atoms with Crippen molar-refractivity contribution in [2.24, 2.45) is 12.8 Å². The Kier molecular flexibility index (Phi) is 4.54. The molecule has 0 aliphatic carbocycles. The van der Waals surface area contributed by atoms with Gasteiger partial charge in [-0.3, -0.25) is 9.48 Å². The summed E-state index contributed by atoms with van der Waals surface area (Å²) in [5, 5.41) is 10.3. The van der Waals surface area contributed by atoms with Gasteiger partial charge in [0.2, 0.25) is 0 Å². The molecule has 2 aromatic rings. The Bertz CT molecular complexity index is 663. The van der Waals surface area contributed by atoms with Crippen molar-refractivity contribution in [3.05, 3.63) is 41.7 Å². The molecule has 4 N–H and O–H groups in total. The standard InChI is InChI=1S/C14H17N5OS/c1-3-9-4-6-10(7-5-9)17-14(21)18-11-8-16-19(2)12(11)13(15)20/h4-8H,3H2,1-2H3,(H2,15,20)(H2,17,18,21). The Morgan fingerprint density at radius 1 is 1.33 bits per heavy atom. The van der Waals surface area contributed by atoms with Gasteiger partial charge < -0.3 is 16.4 Å². The van der Waals surface area contributed by atoms with Crippen LogP contribution in [0.15, 0.2) is 30.5 Å². The van der Waals surface area contributed by atoms with E-state index in [1.807, 2.05) is 24.3 Å². The van der Waals surface area contributed by atoms with E-state index in [-0.39, 0.29) is 5.69 Å². The van der Waals surface area contributed by atoms with E-state index in [1.54, 1.807) is 7.05 Å². The van der Waals surface area contributed by atoms with Crippen molar-refractivity contribution in [3.8, 4) is 0 Å². The molecule has 6 nitrogen and oxygen atoms in total. The first-order chi connectivity index (χ1) is 10.0. The van der Waals surface area contributed by atoms with Crippen LogP contribution in [-0.2, 0) is 13.5 Å². The number of aromatic nitrogens is 2. The van der Waals surface area contributed by atoms with Crippen LogP contribution < -0.4 is 16.4 Å². The minimum atomic E-state index is -0.562. The molecule has 0 radical (unpaired) electrons. The molecule has 0 aliphatic rings. The fraction of sp³-hybridized carbons (Fsp3) is 0.214. The lowest BCUT2D eigenvalue weighted by Crippen LogP contribution is -2.23. The molecule has 1 aromatic carbocycles. The van der Waals surface area contributed by atoms with Gasteiger partial charge in [-0.15, -0.1) is 0 Å². The quantitative estimate of drug-likeness (QED) is 0.751. The number of carbonyl (C=O) groups is 1. The predicted molar refractivity (Wildman–Crippen MR) is 87.4 cm³/mol. The minimum Gasteiger partial charge on any atom is -0.364 e. The summed E-state index contributed by atoms with van der Waals surface area (Å²) >= 11 is 5.22. The molecule has 1 amide bonds. The third kappa shape index (κ3) is 3.57. The lowest BCUT2D eigenvalue weighted by atomic mass is 10.1. The summed E-state index contributed by atoms with van der Waals surface area (Å²) in [5.74, 6) is -0.562. The Morgan fingerprint density at radius 3 is 2.57 bits per heavy atom. The average molecular weight is 303 g/mol. The Balaban J connectivity index is 2.06. The maximum atomic E-state index is 11.4. The molecule has 7 heteroatoms. The number of anilines is 2. The molecule has 2 rings (SSSR count). The van der Waals surface area contributed by atoms with Crippen molar-refractivity contribution in [1.29, 1.82) is 0 Å². The highest BCUT2D eigenvalue weighted by molar-refractivity contribution is 7.80. The molecule has 110 valence electrons.